The van der Waals surface area contributed by atoms with Gasteiger partial charge in [-0.15, -0.1) is 0 Å². The molecular weight excluding hydrogens is 614 g/mol. The van der Waals surface area contributed by atoms with Gasteiger partial charge in [-0.1, -0.05) is 65.3 Å². The zero-order chi connectivity index (χ0) is 30.0. The van der Waals surface area contributed by atoms with E-state index in [0.717, 1.165) is 22.6 Å². The van der Waals surface area contributed by atoms with Gasteiger partial charge in [-0.05, 0) is 35.4 Å². The van der Waals surface area contributed by atoms with Gasteiger partial charge >= 0.3 is 6.03 Å². The number of aromatic amines is 1. The molecule has 1 aliphatic heterocycles. The van der Waals surface area contributed by atoms with Crippen LogP contribution in [0, 0.1) is 11.6 Å². The number of aliphatic hydroxyl groups is 2. The van der Waals surface area contributed by atoms with Gasteiger partial charge in [0.15, 0.2) is 0 Å². The van der Waals surface area contributed by atoms with Gasteiger partial charge in [0.2, 0.25) is 0 Å². The number of ether oxygens (including phenoxy) is 1. The number of hydrogen-bond acceptors (Lipinski definition) is 6. The fraction of sp³-hybridized carbons (Fsp3) is 0.233. The Morgan fingerprint density at radius 3 is 2.38 bits per heavy atom. The summed E-state index contributed by atoms with van der Waals surface area (Å²) >= 11 is 3.08. The van der Waals surface area contributed by atoms with E-state index in [9.17, 15) is 23.5 Å². The number of hydrogen-bond donors (Lipinski definition) is 4. The van der Waals surface area contributed by atoms with Gasteiger partial charge in [0, 0.05) is 10.4 Å². The van der Waals surface area contributed by atoms with Crippen molar-refractivity contribution < 1.29 is 33.3 Å². The predicted molar refractivity (Wildman–Crippen MR) is 152 cm³/mol. The first-order valence-electron chi connectivity index (χ1n) is 13.1. The van der Waals surface area contributed by atoms with E-state index in [2.05, 4.69) is 31.2 Å². The number of rotatable bonds is 10. The molecule has 218 valence electrons. The summed E-state index contributed by atoms with van der Waals surface area (Å²) in [5, 5.41) is 21.2. The minimum atomic E-state index is -1.03. The molecule has 0 radical (unpaired) electrons. The summed E-state index contributed by atoms with van der Waals surface area (Å²) in [6, 6.07) is 15.3. The van der Waals surface area contributed by atoms with Gasteiger partial charge in [0.05, 0.1) is 24.1 Å². The summed E-state index contributed by atoms with van der Waals surface area (Å²) in [7, 11) is 0. The van der Waals surface area contributed by atoms with Crippen molar-refractivity contribution in [3.63, 3.8) is 0 Å². The summed E-state index contributed by atoms with van der Waals surface area (Å²) in [6.07, 6.45) is 0.244. The number of imidazole rings is 1. The van der Waals surface area contributed by atoms with E-state index in [0.29, 0.717) is 11.3 Å². The van der Waals surface area contributed by atoms with Crippen LogP contribution in [-0.4, -0.2) is 56.3 Å². The molecule has 0 saturated carbocycles. The van der Waals surface area contributed by atoms with Crippen LogP contribution in [0.15, 0.2) is 77.4 Å². The van der Waals surface area contributed by atoms with Crippen molar-refractivity contribution in [1.82, 2.24) is 20.2 Å². The molecule has 9 nitrogen and oxygen atoms in total. The van der Waals surface area contributed by atoms with E-state index in [1.807, 2.05) is 37.3 Å². The Bertz CT molecular complexity index is 1560. The van der Waals surface area contributed by atoms with Crippen LogP contribution >= 0.6 is 15.9 Å². The fourth-order valence-electron chi connectivity index (χ4n) is 4.92. The number of carbonyl (C=O) groups excluding carboxylic acids is 2. The van der Waals surface area contributed by atoms with Crippen molar-refractivity contribution >= 4 is 27.9 Å². The van der Waals surface area contributed by atoms with Crippen molar-refractivity contribution in [2.45, 2.75) is 31.0 Å². The molecule has 1 aliphatic rings. The molecule has 1 fully saturated rings. The molecule has 5 rings (SSSR count). The number of imide groups is 1. The third kappa shape index (κ3) is 5.91. The van der Waals surface area contributed by atoms with E-state index in [-0.39, 0.29) is 28.2 Å². The summed E-state index contributed by atoms with van der Waals surface area (Å²) in [6.45, 7) is 1.29. The van der Waals surface area contributed by atoms with Gasteiger partial charge in [0.25, 0.3) is 5.91 Å². The normalized spacial score (nSPS) is 17.2. The molecule has 0 bridgehead atoms. The molecule has 1 unspecified atom stereocenters. The zero-order valence-electron chi connectivity index (χ0n) is 22.3. The minimum absolute atomic E-state index is 0.0586. The topological polar surface area (TPSA) is 128 Å². The molecule has 4 N–H and O–H groups in total. The number of amides is 3. The van der Waals surface area contributed by atoms with Crippen LogP contribution in [0.3, 0.4) is 0 Å². The lowest BCUT2D eigenvalue weighted by molar-refractivity contribution is -0.129. The average Bonchev–Trinajstić information content (AvgIpc) is 3.56. The van der Waals surface area contributed by atoms with Crippen molar-refractivity contribution in [2.24, 2.45) is 0 Å². The third-order valence-corrected chi connectivity index (χ3v) is 7.52. The first-order chi connectivity index (χ1) is 20.2. The fourth-order valence-corrected chi connectivity index (χ4v) is 5.32. The van der Waals surface area contributed by atoms with Gasteiger partial charge in [-0.2, -0.15) is 0 Å². The molecular formula is C30H27BrF2N4O5. The van der Waals surface area contributed by atoms with Crippen molar-refractivity contribution in [2.75, 3.05) is 13.2 Å². The van der Waals surface area contributed by atoms with Crippen LogP contribution in [0.5, 0.6) is 5.75 Å². The molecule has 0 spiro atoms. The zero-order valence-corrected chi connectivity index (χ0v) is 23.9. The first kappa shape index (κ1) is 29.4. The predicted octanol–water partition coefficient (Wildman–Crippen LogP) is 4.99. The lowest BCUT2D eigenvalue weighted by Crippen LogP contribution is -2.38. The lowest BCUT2D eigenvalue weighted by atomic mass is 9.91. The van der Waals surface area contributed by atoms with E-state index in [1.54, 1.807) is 24.3 Å². The van der Waals surface area contributed by atoms with Crippen LogP contribution in [-0.2, 0) is 4.79 Å². The van der Waals surface area contributed by atoms with Gasteiger partial charge in [0.1, 0.15) is 48.0 Å². The number of H-pyrrole nitrogens is 1. The van der Waals surface area contributed by atoms with Crippen LogP contribution in [0.25, 0.3) is 11.3 Å². The Hall–Kier alpha value is -4.13. The van der Waals surface area contributed by atoms with Crippen LogP contribution in [0.2, 0.25) is 0 Å². The standard InChI is InChI=1S/C30H27BrF2N4O5/c1-16(17-5-3-2-4-6-17)27(28-34-13-24(35-28)25-22(32)11-19(31)12-23(25)33)37-29(40)26(36-30(37)41)18-7-9-21(10-8-18)42-15-20(39)14-38/h2-13,16,20,26-27,38-39H,14-15H2,1H3,(H,34,35)(H,36,41)/t16-,20+,26+,27?/m0/s1. The second-order valence-corrected chi connectivity index (χ2v) is 10.8. The molecule has 42 heavy (non-hydrogen) atoms. The van der Waals surface area contributed by atoms with E-state index in [4.69, 9.17) is 9.84 Å². The Kier molecular flexibility index (Phi) is 8.66. The molecule has 3 amide bonds. The summed E-state index contributed by atoms with van der Waals surface area (Å²) < 4.78 is 35.2. The third-order valence-electron chi connectivity index (χ3n) is 7.07. The molecule has 0 aliphatic carbocycles. The quantitative estimate of drug-likeness (QED) is 0.181. The second-order valence-electron chi connectivity index (χ2n) is 9.88. The van der Waals surface area contributed by atoms with Gasteiger partial charge < -0.3 is 25.3 Å². The number of aliphatic hydroxyl groups excluding tert-OH is 2. The van der Waals surface area contributed by atoms with Gasteiger partial charge in [-0.3, -0.25) is 9.69 Å². The smallest absolute Gasteiger partial charge is 0.325 e. The highest BCUT2D eigenvalue weighted by Crippen LogP contribution is 2.40. The number of halogens is 3. The molecule has 3 aromatic carbocycles. The van der Waals surface area contributed by atoms with Crippen LogP contribution in [0.1, 0.15) is 41.9 Å². The average molecular weight is 641 g/mol. The SMILES string of the molecule is C[C@@H](c1ccccc1)C(c1ncc(-c2c(F)cc(Br)cc2F)[nH]1)N1C(=O)N[C@H](c2ccc(OC[C@H](O)CO)cc2)C1=O. The minimum Gasteiger partial charge on any atom is -0.491 e. The van der Waals surface area contributed by atoms with Crippen molar-refractivity contribution in [3.05, 3.63) is 106 Å². The Morgan fingerprint density at radius 1 is 1.07 bits per heavy atom. The number of aromatic nitrogens is 2. The molecule has 1 aromatic heterocycles. The molecule has 4 atom stereocenters. The number of nitrogens with one attached hydrogen (secondary N) is 2. The summed E-state index contributed by atoms with van der Waals surface area (Å²) in [5.74, 6) is -2.01. The van der Waals surface area contributed by atoms with Crippen LogP contribution in [0.4, 0.5) is 13.6 Å². The number of benzene rings is 3. The monoisotopic (exact) mass is 640 g/mol. The van der Waals surface area contributed by atoms with Crippen LogP contribution < -0.4 is 10.1 Å². The second kappa shape index (κ2) is 12.4. The van der Waals surface area contributed by atoms with Crippen molar-refractivity contribution in [3.8, 4) is 17.0 Å². The van der Waals surface area contributed by atoms with Gasteiger partial charge in [-0.25, -0.2) is 18.6 Å². The molecule has 4 aromatic rings. The Morgan fingerprint density at radius 2 is 1.74 bits per heavy atom. The van der Waals surface area contributed by atoms with E-state index >= 15 is 0 Å². The first-order valence-corrected chi connectivity index (χ1v) is 13.9. The maximum Gasteiger partial charge on any atom is 0.325 e. The van der Waals surface area contributed by atoms with Crippen molar-refractivity contribution in [1.29, 1.82) is 0 Å². The summed E-state index contributed by atoms with van der Waals surface area (Å²) in [4.78, 5) is 35.6. The molecule has 12 heteroatoms. The highest BCUT2D eigenvalue weighted by atomic mass is 79.9. The van der Waals surface area contributed by atoms with E-state index < -0.39 is 54.3 Å². The number of nitrogens with zero attached hydrogens (tertiary/aromatic N) is 2. The summed E-state index contributed by atoms with van der Waals surface area (Å²) in [5.41, 5.74) is 1.06. The maximum atomic E-state index is 14.8. The lowest BCUT2D eigenvalue weighted by Gasteiger charge is -2.29. The highest BCUT2D eigenvalue weighted by Gasteiger charge is 2.46. The Labute approximate surface area is 248 Å². The largest absolute Gasteiger partial charge is 0.491 e. The number of carbonyl (C=O) groups is 2. The Balaban J connectivity index is 1.48. The number of urea groups is 1. The molecule has 2 heterocycles. The molecule has 1 saturated heterocycles. The maximum absolute atomic E-state index is 14.8. The highest BCUT2D eigenvalue weighted by molar-refractivity contribution is 9.10. The van der Waals surface area contributed by atoms with E-state index in [1.165, 1.54) is 6.20 Å².